The summed E-state index contributed by atoms with van der Waals surface area (Å²) in [6.45, 7) is -1.17. The summed E-state index contributed by atoms with van der Waals surface area (Å²) < 4.78 is 61.9. The first kappa shape index (κ1) is 15.6. The number of halogens is 3. The second-order valence-corrected chi connectivity index (χ2v) is 5.79. The number of rotatable bonds is 4. The van der Waals surface area contributed by atoms with Crippen LogP contribution in [0, 0.1) is 0 Å². The number of nitrogens with two attached hydrogens (primary N) is 1. The number of sulfonamides is 1. The molecule has 0 aliphatic heterocycles. The van der Waals surface area contributed by atoms with E-state index in [1.54, 1.807) is 0 Å². The lowest BCUT2D eigenvalue weighted by Crippen LogP contribution is -2.31. The number of benzene rings is 1. The Kier molecular flexibility index (Phi) is 4.31. The minimum Gasteiger partial charge on any atom is -0.397 e. The van der Waals surface area contributed by atoms with E-state index < -0.39 is 22.7 Å². The van der Waals surface area contributed by atoms with Crippen LogP contribution in [0.4, 0.5) is 24.5 Å². The van der Waals surface area contributed by atoms with Crippen molar-refractivity contribution in [3.8, 4) is 0 Å². The number of hydrogen-bond acceptors (Lipinski definition) is 4. The second kappa shape index (κ2) is 5.25. The van der Waals surface area contributed by atoms with Gasteiger partial charge in [-0.15, -0.1) is 0 Å². The number of nitrogens with zero attached hydrogens (tertiary/aromatic N) is 1. The minimum absolute atomic E-state index is 0.0388. The first-order valence-corrected chi connectivity index (χ1v) is 6.66. The van der Waals surface area contributed by atoms with Crippen molar-refractivity contribution in [2.24, 2.45) is 0 Å². The van der Waals surface area contributed by atoms with E-state index in [1.165, 1.54) is 26.2 Å². The molecule has 3 N–H and O–H groups in total. The topological polar surface area (TPSA) is 75.4 Å². The van der Waals surface area contributed by atoms with Crippen LogP contribution in [0.2, 0.25) is 0 Å². The number of nitrogen functional groups attached to an aromatic ring is 1. The third kappa shape index (κ3) is 4.00. The molecule has 9 heteroatoms. The standard InChI is InChI=1S/C10H14F3N3O2S/c1-15-19(17,18)7-3-4-9(8(14)5-7)16(2)6-10(11,12)13/h3-5,15H,6,14H2,1-2H3. The largest absolute Gasteiger partial charge is 0.405 e. The highest BCUT2D eigenvalue weighted by molar-refractivity contribution is 7.89. The number of anilines is 2. The molecule has 0 heterocycles. The first-order valence-electron chi connectivity index (χ1n) is 5.18. The normalized spacial score (nSPS) is 12.5. The van der Waals surface area contributed by atoms with E-state index in [1.807, 2.05) is 0 Å². The summed E-state index contributed by atoms with van der Waals surface area (Å²) in [7, 11) is -1.21. The zero-order valence-corrected chi connectivity index (χ0v) is 11.1. The molecule has 0 unspecified atom stereocenters. The molecule has 1 aromatic rings. The van der Waals surface area contributed by atoms with Crippen molar-refractivity contribution in [2.75, 3.05) is 31.3 Å². The second-order valence-electron chi connectivity index (χ2n) is 3.90. The summed E-state index contributed by atoms with van der Waals surface area (Å²) in [6.07, 6.45) is -4.36. The summed E-state index contributed by atoms with van der Waals surface area (Å²) in [6, 6.07) is 3.56. The van der Waals surface area contributed by atoms with Crippen LogP contribution in [0.5, 0.6) is 0 Å². The van der Waals surface area contributed by atoms with Crippen molar-refractivity contribution in [3.05, 3.63) is 18.2 Å². The van der Waals surface area contributed by atoms with E-state index in [0.717, 1.165) is 11.0 Å². The smallest absolute Gasteiger partial charge is 0.397 e. The molecule has 1 rings (SSSR count). The predicted octanol–water partition coefficient (Wildman–Crippen LogP) is 1.18. The zero-order valence-electron chi connectivity index (χ0n) is 10.3. The van der Waals surface area contributed by atoms with Crippen LogP contribution in [-0.4, -0.2) is 35.2 Å². The maximum atomic E-state index is 12.3. The van der Waals surface area contributed by atoms with Crippen LogP contribution in [0.3, 0.4) is 0 Å². The van der Waals surface area contributed by atoms with Gasteiger partial charge in [-0.1, -0.05) is 0 Å². The van der Waals surface area contributed by atoms with E-state index in [4.69, 9.17) is 5.73 Å². The summed E-state index contributed by atoms with van der Waals surface area (Å²) in [5, 5.41) is 0. The quantitative estimate of drug-likeness (QED) is 0.818. The van der Waals surface area contributed by atoms with Gasteiger partial charge in [0.05, 0.1) is 16.3 Å². The molecule has 0 amide bonds. The Bertz CT molecular complexity index is 558. The van der Waals surface area contributed by atoms with Gasteiger partial charge in [0.25, 0.3) is 0 Å². The van der Waals surface area contributed by atoms with E-state index in [2.05, 4.69) is 4.72 Å². The first-order chi connectivity index (χ1) is 8.57. The summed E-state index contributed by atoms with van der Waals surface area (Å²) >= 11 is 0. The molecule has 5 nitrogen and oxygen atoms in total. The van der Waals surface area contributed by atoms with Gasteiger partial charge in [0, 0.05) is 7.05 Å². The SMILES string of the molecule is CNS(=O)(=O)c1ccc(N(C)CC(F)(F)F)c(N)c1. The Balaban J connectivity index is 3.08. The van der Waals surface area contributed by atoms with Gasteiger partial charge in [0.15, 0.2) is 0 Å². The molecule has 0 aliphatic rings. The lowest BCUT2D eigenvalue weighted by molar-refractivity contribution is -0.119. The van der Waals surface area contributed by atoms with Crippen molar-refractivity contribution in [3.63, 3.8) is 0 Å². The highest BCUT2D eigenvalue weighted by Gasteiger charge is 2.30. The summed E-state index contributed by atoms with van der Waals surface area (Å²) in [5.74, 6) is 0. The van der Waals surface area contributed by atoms with Gasteiger partial charge < -0.3 is 10.6 Å². The fraction of sp³-hybridized carbons (Fsp3) is 0.400. The Labute approximate surface area is 109 Å². The van der Waals surface area contributed by atoms with Crippen LogP contribution < -0.4 is 15.4 Å². The van der Waals surface area contributed by atoms with Crippen molar-refractivity contribution < 1.29 is 21.6 Å². The molecule has 19 heavy (non-hydrogen) atoms. The minimum atomic E-state index is -4.36. The van der Waals surface area contributed by atoms with Crippen LogP contribution in [-0.2, 0) is 10.0 Å². The number of hydrogen-bond donors (Lipinski definition) is 2. The van der Waals surface area contributed by atoms with Gasteiger partial charge in [-0.3, -0.25) is 0 Å². The fourth-order valence-electron chi connectivity index (χ4n) is 1.52. The number of nitrogens with one attached hydrogen (secondary N) is 1. The van der Waals surface area contributed by atoms with E-state index in [-0.39, 0.29) is 16.3 Å². The molecular formula is C10H14F3N3O2S. The van der Waals surface area contributed by atoms with Crippen LogP contribution >= 0.6 is 0 Å². The molecule has 108 valence electrons. The molecule has 1 aromatic carbocycles. The maximum absolute atomic E-state index is 12.3. The highest BCUT2D eigenvalue weighted by Crippen LogP contribution is 2.28. The van der Waals surface area contributed by atoms with Crippen LogP contribution in [0.15, 0.2) is 23.1 Å². The van der Waals surface area contributed by atoms with Crippen molar-refractivity contribution in [1.29, 1.82) is 0 Å². The molecule has 0 bridgehead atoms. The van der Waals surface area contributed by atoms with E-state index >= 15 is 0 Å². The molecule has 0 saturated heterocycles. The number of alkyl halides is 3. The van der Waals surface area contributed by atoms with E-state index in [0.29, 0.717) is 0 Å². The maximum Gasteiger partial charge on any atom is 0.405 e. The van der Waals surface area contributed by atoms with Gasteiger partial charge >= 0.3 is 6.18 Å². The monoisotopic (exact) mass is 297 g/mol. The molecule has 0 radical (unpaired) electrons. The van der Waals surface area contributed by atoms with Crippen LogP contribution in [0.1, 0.15) is 0 Å². The Morgan fingerprint density at radius 2 is 1.95 bits per heavy atom. The van der Waals surface area contributed by atoms with Crippen molar-refractivity contribution in [2.45, 2.75) is 11.1 Å². The molecule has 0 atom stereocenters. The van der Waals surface area contributed by atoms with Crippen molar-refractivity contribution in [1.82, 2.24) is 4.72 Å². The fourth-order valence-corrected chi connectivity index (χ4v) is 2.28. The van der Waals surface area contributed by atoms with E-state index in [9.17, 15) is 21.6 Å². The van der Waals surface area contributed by atoms with Gasteiger partial charge in [-0.25, -0.2) is 13.1 Å². The molecular weight excluding hydrogens is 283 g/mol. The van der Waals surface area contributed by atoms with Gasteiger partial charge in [-0.05, 0) is 25.2 Å². The summed E-state index contributed by atoms with van der Waals surface area (Å²) in [5.41, 5.74) is 5.67. The highest BCUT2D eigenvalue weighted by atomic mass is 32.2. The zero-order chi connectivity index (χ0) is 14.8. The Morgan fingerprint density at radius 1 is 1.37 bits per heavy atom. The molecule has 0 aromatic heterocycles. The van der Waals surface area contributed by atoms with Gasteiger partial charge in [0.2, 0.25) is 10.0 Å². The molecule has 0 aliphatic carbocycles. The van der Waals surface area contributed by atoms with Crippen LogP contribution in [0.25, 0.3) is 0 Å². The van der Waals surface area contributed by atoms with Gasteiger partial charge in [0.1, 0.15) is 6.54 Å². The molecule has 0 saturated carbocycles. The third-order valence-corrected chi connectivity index (χ3v) is 3.82. The Hall–Kier alpha value is -1.48. The molecule has 0 spiro atoms. The predicted molar refractivity (Wildman–Crippen MR) is 66.4 cm³/mol. The lowest BCUT2D eigenvalue weighted by atomic mass is 10.2. The van der Waals surface area contributed by atoms with Crippen molar-refractivity contribution >= 4 is 21.4 Å². The Morgan fingerprint density at radius 3 is 2.37 bits per heavy atom. The average molecular weight is 297 g/mol. The molecule has 0 fully saturated rings. The summed E-state index contributed by atoms with van der Waals surface area (Å²) in [4.78, 5) is 0.808. The third-order valence-electron chi connectivity index (χ3n) is 2.41. The lowest BCUT2D eigenvalue weighted by Gasteiger charge is -2.22. The average Bonchev–Trinajstić information content (AvgIpc) is 2.26. The van der Waals surface area contributed by atoms with Gasteiger partial charge in [-0.2, -0.15) is 13.2 Å².